The number of halogens is 1. The van der Waals surface area contributed by atoms with E-state index in [2.05, 4.69) is 5.10 Å². The number of hydrazine groups is 1. The number of nitrogens with zero attached hydrogens (tertiary/aromatic N) is 2. The third kappa shape index (κ3) is 1.68. The SMILES string of the molecule is Cc1nn(C)c(Cl)c1S(=O)(=O)NN. The lowest BCUT2D eigenvalue weighted by Crippen LogP contribution is -2.30. The van der Waals surface area contributed by atoms with Gasteiger partial charge in [-0.25, -0.2) is 8.42 Å². The molecule has 0 aliphatic heterocycles. The van der Waals surface area contributed by atoms with Gasteiger partial charge in [0.25, 0.3) is 10.0 Å². The second-order valence-corrected chi connectivity index (χ2v) is 4.46. The Bertz CT molecular complexity index is 424. The third-order valence-corrected chi connectivity index (χ3v) is 3.41. The molecule has 1 aromatic heterocycles. The van der Waals surface area contributed by atoms with Crippen LogP contribution in [0.3, 0.4) is 0 Å². The van der Waals surface area contributed by atoms with E-state index in [4.69, 9.17) is 17.4 Å². The molecular formula is C5H9ClN4O2S. The van der Waals surface area contributed by atoms with E-state index in [1.807, 2.05) is 0 Å². The molecule has 0 atom stereocenters. The minimum absolute atomic E-state index is 0.0375. The number of hydrogen-bond donors (Lipinski definition) is 2. The number of aryl methyl sites for hydroxylation is 2. The summed E-state index contributed by atoms with van der Waals surface area (Å²) in [5, 5.41) is 3.87. The van der Waals surface area contributed by atoms with E-state index < -0.39 is 10.0 Å². The lowest BCUT2D eigenvalue weighted by molar-refractivity contribution is 0.583. The standard InChI is InChI=1S/C5H9ClN4O2S/c1-3-4(13(11,12)9-7)5(6)10(2)8-3/h9H,7H2,1-2H3. The molecule has 0 aliphatic carbocycles. The predicted molar refractivity (Wildman–Crippen MR) is 47.5 cm³/mol. The average Bonchev–Trinajstić information content (AvgIpc) is 2.27. The van der Waals surface area contributed by atoms with Crippen LogP contribution in [0.25, 0.3) is 0 Å². The van der Waals surface area contributed by atoms with Gasteiger partial charge in [0.2, 0.25) is 0 Å². The molecule has 0 bridgehead atoms. The summed E-state index contributed by atoms with van der Waals surface area (Å²) in [6.45, 7) is 1.54. The zero-order valence-electron chi connectivity index (χ0n) is 7.07. The highest BCUT2D eigenvalue weighted by Gasteiger charge is 2.23. The largest absolute Gasteiger partial charge is 0.257 e. The lowest BCUT2D eigenvalue weighted by atomic mass is 10.5. The van der Waals surface area contributed by atoms with Crippen molar-refractivity contribution in [1.29, 1.82) is 0 Å². The first-order valence-electron chi connectivity index (χ1n) is 3.31. The van der Waals surface area contributed by atoms with Crippen LogP contribution in [0, 0.1) is 6.92 Å². The smallest absolute Gasteiger partial charge is 0.257 e. The number of hydrogen-bond acceptors (Lipinski definition) is 4. The maximum absolute atomic E-state index is 11.3. The molecule has 0 spiro atoms. The van der Waals surface area contributed by atoms with Gasteiger partial charge in [0, 0.05) is 7.05 Å². The van der Waals surface area contributed by atoms with Gasteiger partial charge >= 0.3 is 0 Å². The highest BCUT2D eigenvalue weighted by Crippen LogP contribution is 2.22. The van der Waals surface area contributed by atoms with E-state index in [9.17, 15) is 8.42 Å². The number of aromatic nitrogens is 2. The predicted octanol–water partition coefficient (Wildman–Crippen LogP) is -0.466. The molecule has 0 radical (unpaired) electrons. The minimum Gasteiger partial charge on any atom is -0.257 e. The van der Waals surface area contributed by atoms with Crippen molar-refractivity contribution in [2.45, 2.75) is 11.8 Å². The van der Waals surface area contributed by atoms with Crippen LogP contribution < -0.4 is 10.7 Å². The molecule has 3 N–H and O–H groups in total. The molecule has 1 rings (SSSR count). The van der Waals surface area contributed by atoms with Crippen molar-refractivity contribution >= 4 is 21.6 Å². The molecule has 0 saturated carbocycles. The maximum atomic E-state index is 11.3. The van der Waals surface area contributed by atoms with Gasteiger partial charge in [-0.2, -0.15) is 5.10 Å². The zero-order valence-corrected chi connectivity index (χ0v) is 8.65. The second kappa shape index (κ2) is 3.26. The van der Waals surface area contributed by atoms with Crippen LogP contribution in [0.2, 0.25) is 5.15 Å². The Kier molecular flexibility index (Phi) is 2.62. The summed E-state index contributed by atoms with van der Waals surface area (Å²) in [5.41, 5.74) is 0.311. The van der Waals surface area contributed by atoms with Crippen molar-refractivity contribution in [3.05, 3.63) is 10.8 Å². The molecule has 0 amide bonds. The Labute approximate surface area is 80.7 Å². The molecule has 74 valence electrons. The van der Waals surface area contributed by atoms with Gasteiger partial charge in [0.1, 0.15) is 10.0 Å². The van der Waals surface area contributed by atoms with Gasteiger partial charge in [0.15, 0.2) is 0 Å². The normalized spacial score (nSPS) is 12.0. The zero-order chi connectivity index (χ0) is 10.2. The van der Waals surface area contributed by atoms with Crippen LogP contribution in [-0.2, 0) is 17.1 Å². The number of nitrogens with two attached hydrogens (primary N) is 1. The summed E-state index contributed by atoms with van der Waals surface area (Å²) in [6, 6.07) is 0. The average molecular weight is 225 g/mol. The molecule has 1 aromatic rings. The Morgan fingerprint density at radius 1 is 1.62 bits per heavy atom. The summed E-state index contributed by atoms with van der Waals surface area (Å²) in [7, 11) is -2.18. The Morgan fingerprint density at radius 3 is 2.46 bits per heavy atom. The molecule has 0 aromatic carbocycles. The van der Waals surface area contributed by atoms with Crippen LogP contribution in [0.15, 0.2) is 4.90 Å². The molecule has 1 heterocycles. The summed E-state index contributed by atoms with van der Waals surface area (Å²) in [5.74, 6) is 4.85. The first kappa shape index (κ1) is 10.5. The van der Waals surface area contributed by atoms with E-state index in [1.165, 1.54) is 11.6 Å². The monoisotopic (exact) mass is 224 g/mol. The van der Waals surface area contributed by atoms with Crippen molar-refractivity contribution < 1.29 is 8.42 Å². The van der Waals surface area contributed by atoms with Crippen molar-refractivity contribution in [2.24, 2.45) is 12.9 Å². The molecule has 8 heteroatoms. The fourth-order valence-electron chi connectivity index (χ4n) is 0.975. The van der Waals surface area contributed by atoms with Gasteiger partial charge in [0.05, 0.1) is 5.69 Å². The maximum Gasteiger partial charge on any atom is 0.257 e. The second-order valence-electron chi connectivity index (χ2n) is 2.45. The Morgan fingerprint density at radius 2 is 2.15 bits per heavy atom. The number of rotatable bonds is 2. The van der Waals surface area contributed by atoms with Crippen molar-refractivity contribution in [1.82, 2.24) is 14.6 Å². The van der Waals surface area contributed by atoms with Crippen LogP contribution in [0.5, 0.6) is 0 Å². The van der Waals surface area contributed by atoms with Gasteiger partial charge < -0.3 is 0 Å². The number of sulfonamides is 1. The van der Waals surface area contributed by atoms with E-state index in [0.29, 0.717) is 5.69 Å². The van der Waals surface area contributed by atoms with E-state index in [0.717, 1.165) is 0 Å². The van der Waals surface area contributed by atoms with Crippen molar-refractivity contribution in [3.8, 4) is 0 Å². The Balaban J connectivity index is 3.47. The quantitative estimate of drug-likeness (QED) is 0.525. The van der Waals surface area contributed by atoms with E-state index >= 15 is 0 Å². The summed E-state index contributed by atoms with van der Waals surface area (Å²) in [6.07, 6.45) is 0. The summed E-state index contributed by atoms with van der Waals surface area (Å²) >= 11 is 5.70. The Hall–Kier alpha value is -0.630. The fraction of sp³-hybridized carbons (Fsp3) is 0.400. The first-order chi connectivity index (χ1) is 5.90. The fourth-order valence-corrected chi connectivity index (χ4v) is 2.36. The van der Waals surface area contributed by atoms with E-state index in [1.54, 1.807) is 11.9 Å². The molecule has 13 heavy (non-hydrogen) atoms. The van der Waals surface area contributed by atoms with Crippen LogP contribution in [0.4, 0.5) is 0 Å². The van der Waals surface area contributed by atoms with Gasteiger partial charge in [-0.15, -0.1) is 4.83 Å². The van der Waals surface area contributed by atoms with Crippen LogP contribution >= 0.6 is 11.6 Å². The highest BCUT2D eigenvalue weighted by atomic mass is 35.5. The molecule has 0 fully saturated rings. The van der Waals surface area contributed by atoms with Crippen molar-refractivity contribution in [3.63, 3.8) is 0 Å². The topological polar surface area (TPSA) is 90.0 Å². The van der Waals surface area contributed by atoms with E-state index in [-0.39, 0.29) is 10.0 Å². The van der Waals surface area contributed by atoms with Gasteiger partial charge in [-0.3, -0.25) is 10.5 Å². The molecule has 0 saturated heterocycles. The minimum atomic E-state index is -3.73. The highest BCUT2D eigenvalue weighted by molar-refractivity contribution is 7.89. The first-order valence-corrected chi connectivity index (χ1v) is 5.17. The van der Waals surface area contributed by atoms with Crippen molar-refractivity contribution in [2.75, 3.05) is 0 Å². The lowest BCUT2D eigenvalue weighted by Gasteiger charge is -1.99. The summed E-state index contributed by atoms with van der Waals surface area (Å²) < 4.78 is 23.8. The number of nitrogens with one attached hydrogen (secondary N) is 1. The van der Waals surface area contributed by atoms with Crippen LogP contribution in [-0.4, -0.2) is 18.2 Å². The molecule has 0 aliphatic rings. The molecular weight excluding hydrogens is 216 g/mol. The third-order valence-electron chi connectivity index (χ3n) is 1.52. The van der Waals surface area contributed by atoms with Gasteiger partial charge in [-0.05, 0) is 6.92 Å². The summed E-state index contributed by atoms with van der Waals surface area (Å²) in [4.78, 5) is 1.60. The molecule has 6 nitrogen and oxygen atoms in total. The molecule has 0 unspecified atom stereocenters. The van der Waals surface area contributed by atoms with Crippen LogP contribution in [0.1, 0.15) is 5.69 Å². The van der Waals surface area contributed by atoms with Gasteiger partial charge in [-0.1, -0.05) is 11.6 Å².